The van der Waals surface area contributed by atoms with Gasteiger partial charge in [-0.05, 0) is 50.8 Å². The van der Waals surface area contributed by atoms with Crippen molar-refractivity contribution < 1.29 is 8.42 Å². The van der Waals surface area contributed by atoms with Crippen LogP contribution in [0, 0.1) is 6.92 Å². The summed E-state index contributed by atoms with van der Waals surface area (Å²) in [6.07, 6.45) is 2.61. The Hall–Kier alpha value is -1.65. The molecule has 0 aromatic heterocycles. The maximum atomic E-state index is 13.1. The Kier molecular flexibility index (Phi) is 4.55. The van der Waals surface area contributed by atoms with Gasteiger partial charge in [0, 0.05) is 12.1 Å². The minimum Gasteiger partial charge on any atom is -0.207 e. The van der Waals surface area contributed by atoms with Crippen LogP contribution in [-0.4, -0.2) is 24.8 Å². The summed E-state index contributed by atoms with van der Waals surface area (Å²) in [6.45, 7) is 3.98. The Bertz CT molecular complexity index is 754. The van der Waals surface area contributed by atoms with Crippen LogP contribution < -0.4 is 0 Å². The highest BCUT2D eigenvalue weighted by Gasteiger charge is 2.39. The van der Waals surface area contributed by atoms with Crippen LogP contribution in [0.4, 0.5) is 0 Å². The topological polar surface area (TPSA) is 37.4 Å². The second kappa shape index (κ2) is 6.46. The van der Waals surface area contributed by atoms with Crippen molar-refractivity contribution >= 4 is 10.0 Å². The van der Waals surface area contributed by atoms with E-state index in [1.807, 2.05) is 44.2 Å². The number of nitrogens with zero attached hydrogens (tertiary/aromatic N) is 1. The van der Waals surface area contributed by atoms with Crippen LogP contribution in [0.25, 0.3) is 0 Å². The average molecular weight is 329 g/mol. The standard InChI is InChI=1S/C19H23NO2S/c1-15-8-12-19(13-9-15)23(21,22)20-16(2)10-11-18(20)14-17-6-4-3-5-7-17/h3-9,12-13,16,18H,10-11,14H2,1-2H3/t16-,18+/m0/s1. The fourth-order valence-corrected chi connectivity index (χ4v) is 5.27. The van der Waals surface area contributed by atoms with Crippen molar-refractivity contribution in [3.8, 4) is 0 Å². The van der Waals surface area contributed by atoms with Crippen molar-refractivity contribution in [1.29, 1.82) is 0 Å². The van der Waals surface area contributed by atoms with Gasteiger partial charge in [0.15, 0.2) is 0 Å². The van der Waals surface area contributed by atoms with Crippen LogP contribution >= 0.6 is 0 Å². The highest BCUT2D eigenvalue weighted by Crippen LogP contribution is 2.32. The van der Waals surface area contributed by atoms with Gasteiger partial charge in [0.05, 0.1) is 4.90 Å². The molecule has 4 heteroatoms. The van der Waals surface area contributed by atoms with Crippen LogP contribution in [0.15, 0.2) is 59.5 Å². The second-order valence-corrected chi connectivity index (χ2v) is 8.26. The average Bonchev–Trinajstić information content (AvgIpc) is 2.90. The zero-order chi connectivity index (χ0) is 16.4. The molecule has 0 amide bonds. The number of benzene rings is 2. The maximum absolute atomic E-state index is 13.1. The lowest BCUT2D eigenvalue weighted by atomic mass is 10.0. The summed E-state index contributed by atoms with van der Waals surface area (Å²) in [4.78, 5) is 0.398. The van der Waals surface area contributed by atoms with Gasteiger partial charge in [-0.25, -0.2) is 8.42 Å². The molecule has 3 rings (SSSR count). The summed E-state index contributed by atoms with van der Waals surface area (Å²) in [5, 5.41) is 0. The molecule has 1 fully saturated rings. The van der Waals surface area contributed by atoms with Gasteiger partial charge >= 0.3 is 0 Å². The predicted molar refractivity (Wildman–Crippen MR) is 92.8 cm³/mol. The number of rotatable bonds is 4. The lowest BCUT2D eigenvalue weighted by molar-refractivity contribution is 0.333. The molecule has 2 atom stereocenters. The molecule has 0 bridgehead atoms. The largest absolute Gasteiger partial charge is 0.243 e. The van der Waals surface area contributed by atoms with E-state index in [0.29, 0.717) is 4.90 Å². The summed E-state index contributed by atoms with van der Waals surface area (Å²) in [6, 6.07) is 17.4. The molecule has 122 valence electrons. The molecule has 0 saturated carbocycles. The summed E-state index contributed by atoms with van der Waals surface area (Å²) < 4.78 is 27.9. The number of hydrogen-bond acceptors (Lipinski definition) is 2. The Balaban J connectivity index is 1.90. The third-order valence-corrected chi connectivity index (χ3v) is 6.70. The molecule has 1 heterocycles. The van der Waals surface area contributed by atoms with E-state index >= 15 is 0 Å². The van der Waals surface area contributed by atoms with Gasteiger partial charge in [0.25, 0.3) is 0 Å². The van der Waals surface area contributed by atoms with Gasteiger partial charge in [-0.1, -0.05) is 48.0 Å². The Labute approximate surface area is 139 Å². The highest BCUT2D eigenvalue weighted by atomic mass is 32.2. The van der Waals surface area contributed by atoms with E-state index < -0.39 is 10.0 Å². The van der Waals surface area contributed by atoms with E-state index in [0.717, 1.165) is 24.8 Å². The molecule has 0 N–H and O–H groups in total. The normalized spacial score (nSPS) is 22.3. The third-order valence-electron chi connectivity index (χ3n) is 4.62. The van der Waals surface area contributed by atoms with Gasteiger partial charge in [-0.3, -0.25) is 0 Å². The summed E-state index contributed by atoms with van der Waals surface area (Å²) in [5.41, 5.74) is 2.26. The Morgan fingerprint density at radius 1 is 1.00 bits per heavy atom. The van der Waals surface area contributed by atoms with Gasteiger partial charge in [-0.2, -0.15) is 4.31 Å². The number of aryl methyl sites for hydroxylation is 1. The van der Waals surface area contributed by atoms with E-state index in [9.17, 15) is 8.42 Å². The van der Waals surface area contributed by atoms with Crippen LogP contribution in [0.3, 0.4) is 0 Å². The first-order chi connectivity index (χ1) is 11.0. The molecule has 1 saturated heterocycles. The molecule has 1 aliphatic rings. The fourth-order valence-electron chi connectivity index (χ4n) is 3.39. The van der Waals surface area contributed by atoms with Gasteiger partial charge in [0.1, 0.15) is 0 Å². The van der Waals surface area contributed by atoms with E-state index in [2.05, 4.69) is 12.1 Å². The van der Waals surface area contributed by atoms with Gasteiger partial charge < -0.3 is 0 Å². The molecule has 2 aromatic rings. The van der Waals surface area contributed by atoms with Crippen LogP contribution in [0.1, 0.15) is 30.9 Å². The van der Waals surface area contributed by atoms with Crippen LogP contribution in [-0.2, 0) is 16.4 Å². The molecule has 0 aliphatic carbocycles. The number of hydrogen-bond donors (Lipinski definition) is 0. The Morgan fingerprint density at radius 2 is 1.65 bits per heavy atom. The first-order valence-corrected chi connectivity index (χ1v) is 9.56. The highest BCUT2D eigenvalue weighted by molar-refractivity contribution is 7.89. The molecular formula is C19H23NO2S. The molecule has 23 heavy (non-hydrogen) atoms. The van der Waals surface area contributed by atoms with E-state index in [1.165, 1.54) is 5.56 Å². The molecule has 0 unspecified atom stereocenters. The monoisotopic (exact) mass is 329 g/mol. The van der Waals surface area contributed by atoms with E-state index in [4.69, 9.17) is 0 Å². The first kappa shape index (κ1) is 16.2. The molecular weight excluding hydrogens is 306 g/mol. The zero-order valence-electron chi connectivity index (χ0n) is 13.6. The molecule has 3 nitrogen and oxygen atoms in total. The van der Waals surface area contributed by atoms with Crippen LogP contribution in [0.5, 0.6) is 0 Å². The molecule has 0 spiro atoms. The molecule has 0 radical (unpaired) electrons. The van der Waals surface area contributed by atoms with Crippen molar-refractivity contribution in [2.24, 2.45) is 0 Å². The fraction of sp³-hybridized carbons (Fsp3) is 0.368. The van der Waals surface area contributed by atoms with Crippen LogP contribution in [0.2, 0.25) is 0 Å². The minimum absolute atomic E-state index is 0.0405. The lowest BCUT2D eigenvalue weighted by Crippen LogP contribution is -2.40. The Morgan fingerprint density at radius 3 is 2.30 bits per heavy atom. The van der Waals surface area contributed by atoms with Crippen molar-refractivity contribution in [1.82, 2.24) is 4.31 Å². The van der Waals surface area contributed by atoms with Crippen molar-refractivity contribution in [2.45, 2.75) is 50.1 Å². The first-order valence-electron chi connectivity index (χ1n) is 8.12. The van der Waals surface area contributed by atoms with E-state index in [1.54, 1.807) is 16.4 Å². The predicted octanol–water partition coefficient (Wildman–Crippen LogP) is 3.78. The summed E-state index contributed by atoms with van der Waals surface area (Å²) in [5.74, 6) is 0. The SMILES string of the molecule is Cc1ccc(S(=O)(=O)N2[C@@H](Cc3ccccc3)CC[C@@H]2C)cc1. The number of sulfonamides is 1. The zero-order valence-corrected chi connectivity index (χ0v) is 14.5. The van der Waals surface area contributed by atoms with Crippen molar-refractivity contribution in [2.75, 3.05) is 0 Å². The third kappa shape index (κ3) is 3.33. The molecule has 2 aromatic carbocycles. The maximum Gasteiger partial charge on any atom is 0.243 e. The quantitative estimate of drug-likeness (QED) is 0.856. The second-order valence-electron chi connectivity index (χ2n) is 6.42. The van der Waals surface area contributed by atoms with E-state index in [-0.39, 0.29) is 12.1 Å². The van der Waals surface area contributed by atoms with Crippen molar-refractivity contribution in [3.05, 3.63) is 65.7 Å². The minimum atomic E-state index is -3.44. The summed E-state index contributed by atoms with van der Waals surface area (Å²) >= 11 is 0. The molecule has 1 aliphatic heterocycles. The van der Waals surface area contributed by atoms with Gasteiger partial charge in [0.2, 0.25) is 10.0 Å². The smallest absolute Gasteiger partial charge is 0.207 e. The lowest BCUT2D eigenvalue weighted by Gasteiger charge is -2.28. The van der Waals surface area contributed by atoms with Gasteiger partial charge in [-0.15, -0.1) is 0 Å². The van der Waals surface area contributed by atoms with Crippen molar-refractivity contribution in [3.63, 3.8) is 0 Å². The summed E-state index contributed by atoms with van der Waals surface area (Å²) in [7, 11) is -3.44.